The lowest BCUT2D eigenvalue weighted by Crippen LogP contribution is -1.94. The van der Waals surface area contributed by atoms with Gasteiger partial charge in [-0.2, -0.15) is 5.26 Å². The van der Waals surface area contributed by atoms with Crippen LogP contribution in [-0.2, 0) is 0 Å². The average Bonchev–Trinajstić information content (AvgIpc) is 2.71. The fraction of sp³-hybridized carbons (Fsp3) is 0.0833. The number of carbonyl (C=O) groups is 1. The minimum Gasteiger partial charge on any atom is -0.477 e. The number of aromatic nitrogens is 1. The molecule has 18 heavy (non-hydrogen) atoms. The largest absolute Gasteiger partial charge is 0.477 e. The number of hydrogen-bond acceptors (Lipinski definition) is 5. The van der Waals surface area contributed by atoms with Crippen molar-refractivity contribution in [3.63, 3.8) is 0 Å². The summed E-state index contributed by atoms with van der Waals surface area (Å²) in [5.41, 5.74) is 1.13. The lowest BCUT2D eigenvalue weighted by molar-refractivity contribution is 0.0701. The highest BCUT2D eigenvalue weighted by atomic mass is 32.2. The summed E-state index contributed by atoms with van der Waals surface area (Å²) >= 11 is 2.55. The Balaban J connectivity index is 2.21. The standard InChI is InChI=1S/C12H8N2O2S2/c1-7-10(11(15)16)18-12(14-7)17-9-4-2-8(6-13)3-5-9/h2-5H,1H3,(H,15,16). The lowest BCUT2D eigenvalue weighted by atomic mass is 10.2. The quantitative estimate of drug-likeness (QED) is 0.932. The monoisotopic (exact) mass is 276 g/mol. The molecule has 0 saturated carbocycles. The summed E-state index contributed by atoms with van der Waals surface area (Å²) in [4.78, 5) is 16.3. The van der Waals surface area contributed by atoms with Crippen LogP contribution < -0.4 is 0 Å². The number of nitrogens with zero attached hydrogens (tertiary/aromatic N) is 2. The number of carboxylic acids is 1. The first-order valence-electron chi connectivity index (χ1n) is 4.99. The van der Waals surface area contributed by atoms with Crippen LogP contribution in [0, 0.1) is 18.3 Å². The van der Waals surface area contributed by atoms with Crippen molar-refractivity contribution in [1.29, 1.82) is 5.26 Å². The Morgan fingerprint density at radius 1 is 1.44 bits per heavy atom. The summed E-state index contributed by atoms with van der Waals surface area (Å²) in [5, 5.41) is 17.6. The predicted molar refractivity (Wildman–Crippen MR) is 69.1 cm³/mol. The van der Waals surface area contributed by atoms with Crippen LogP contribution >= 0.6 is 23.1 Å². The first kappa shape index (κ1) is 12.6. The highest BCUT2D eigenvalue weighted by Crippen LogP contribution is 2.32. The first-order valence-corrected chi connectivity index (χ1v) is 6.62. The van der Waals surface area contributed by atoms with Gasteiger partial charge in [0.25, 0.3) is 0 Å². The van der Waals surface area contributed by atoms with Gasteiger partial charge in [0.2, 0.25) is 0 Å². The molecule has 90 valence electrons. The third-order valence-corrected chi connectivity index (χ3v) is 4.37. The smallest absolute Gasteiger partial charge is 0.347 e. The fourth-order valence-electron chi connectivity index (χ4n) is 1.31. The van der Waals surface area contributed by atoms with Crippen LogP contribution in [0.2, 0.25) is 0 Å². The van der Waals surface area contributed by atoms with Crippen LogP contribution in [0.4, 0.5) is 0 Å². The molecule has 0 fully saturated rings. The second-order valence-corrected chi connectivity index (χ2v) is 5.76. The maximum atomic E-state index is 10.9. The molecule has 4 nitrogen and oxygen atoms in total. The Morgan fingerprint density at radius 2 is 2.11 bits per heavy atom. The summed E-state index contributed by atoms with van der Waals surface area (Å²) in [6.07, 6.45) is 0. The molecule has 0 aliphatic heterocycles. The Bertz CT molecular complexity index is 627. The topological polar surface area (TPSA) is 74.0 Å². The summed E-state index contributed by atoms with van der Waals surface area (Å²) in [7, 11) is 0. The van der Waals surface area contributed by atoms with Gasteiger partial charge in [0.1, 0.15) is 4.88 Å². The van der Waals surface area contributed by atoms with Crippen molar-refractivity contribution in [2.24, 2.45) is 0 Å². The van der Waals surface area contributed by atoms with E-state index in [1.165, 1.54) is 11.8 Å². The highest BCUT2D eigenvalue weighted by Gasteiger charge is 2.14. The zero-order valence-corrected chi connectivity index (χ0v) is 11.0. The molecule has 6 heteroatoms. The van der Waals surface area contributed by atoms with Gasteiger partial charge >= 0.3 is 5.97 Å². The van der Waals surface area contributed by atoms with Crippen LogP contribution in [0.5, 0.6) is 0 Å². The summed E-state index contributed by atoms with van der Waals surface area (Å²) in [5.74, 6) is -0.948. The van der Waals surface area contributed by atoms with Crippen LogP contribution in [0.1, 0.15) is 20.9 Å². The molecule has 2 aromatic rings. The number of thiazole rings is 1. The minimum absolute atomic E-state index is 0.270. The third kappa shape index (κ3) is 2.70. The maximum absolute atomic E-state index is 10.9. The molecule has 0 bridgehead atoms. The van der Waals surface area contributed by atoms with Crippen molar-refractivity contribution < 1.29 is 9.90 Å². The molecule has 1 heterocycles. The van der Waals surface area contributed by atoms with Crippen molar-refractivity contribution in [2.45, 2.75) is 16.2 Å². The summed E-state index contributed by atoms with van der Waals surface area (Å²) in [6.45, 7) is 1.68. The van der Waals surface area contributed by atoms with Gasteiger partial charge in [0.15, 0.2) is 4.34 Å². The van der Waals surface area contributed by atoms with Crippen LogP contribution in [0.15, 0.2) is 33.5 Å². The molecule has 1 aromatic carbocycles. The molecule has 2 rings (SSSR count). The van der Waals surface area contributed by atoms with Gasteiger partial charge in [-0.3, -0.25) is 0 Å². The highest BCUT2D eigenvalue weighted by molar-refractivity contribution is 8.01. The SMILES string of the molecule is Cc1nc(Sc2ccc(C#N)cc2)sc1C(=O)O. The molecular formula is C12H8N2O2S2. The van der Waals surface area contributed by atoms with E-state index in [-0.39, 0.29) is 4.88 Å². The van der Waals surface area contributed by atoms with E-state index in [4.69, 9.17) is 10.4 Å². The van der Waals surface area contributed by atoms with E-state index in [2.05, 4.69) is 4.98 Å². The Morgan fingerprint density at radius 3 is 2.61 bits per heavy atom. The molecule has 0 aliphatic carbocycles. The van der Waals surface area contributed by atoms with Gasteiger partial charge in [-0.15, -0.1) is 11.3 Å². The third-order valence-electron chi connectivity index (χ3n) is 2.16. The normalized spacial score (nSPS) is 10.0. The Kier molecular flexibility index (Phi) is 3.65. The average molecular weight is 276 g/mol. The van der Waals surface area contributed by atoms with Gasteiger partial charge < -0.3 is 5.11 Å². The number of hydrogen-bond donors (Lipinski definition) is 1. The van der Waals surface area contributed by atoms with E-state index in [1.807, 2.05) is 18.2 Å². The zero-order chi connectivity index (χ0) is 13.1. The number of aromatic carboxylic acids is 1. The number of nitriles is 1. The van der Waals surface area contributed by atoms with Gasteiger partial charge in [0.05, 0.1) is 17.3 Å². The molecule has 1 N–H and O–H groups in total. The molecule has 0 spiro atoms. The van der Waals surface area contributed by atoms with E-state index in [1.54, 1.807) is 19.1 Å². The summed E-state index contributed by atoms with van der Waals surface area (Å²) in [6, 6.07) is 9.13. The maximum Gasteiger partial charge on any atom is 0.347 e. The van der Waals surface area contributed by atoms with Crippen molar-refractivity contribution in [3.05, 3.63) is 40.4 Å². The van der Waals surface area contributed by atoms with E-state index in [0.717, 1.165) is 16.2 Å². The van der Waals surface area contributed by atoms with Gasteiger partial charge in [0, 0.05) is 4.90 Å². The second-order valence-electron chi connectivity index (χ2n) is 3.44. The second kappa shape index (κ2) is 5.21. The fourth-order valence-corrected chi connectivity index (χ4v) is 3.31. The van der Waals surface area contributed by atoms with Gasteiger partial charge in [-0.05, 0) is 31.2 Å². The number of carboxylic acid groups (broad SMARTS) is 1. The van der Waals surface area contributed by atoms with Crippen molar-refractivity contribution >= 4 is 29.1 Å². The van der Waals surface area contributed by atoms with E-state index in [0.29, 0.717) is 15.6 Å². The first-order chi connectivity index (χ1) is 8.60. The van der Waals surface area contributed by atoms with E-state index in [9.17, 15) is 4.79 Å². The Hall–Kier alpha value is -1.84. The zero-order valence-electron chi connectivity index (χ0n) is 9.38. The Labute approximate surface area is 112 Å². The predicted octanol–water partition coefficient (Wildman–Crippen LogP) is 3.17. The molecule has 0 unspecified atom stereocenters. The molecule has 1 aromatic heterocycles. The van der Waals surface area contributed by atoms with E-state index < -0.39 is 5.97 Å². The molecule has 0 aliphatic rings. The van der Waals surface area contributed by atoms with Crippen molar-refractivity contribution in [2.75, 3.05) is 0 Å². The molecular weight excluding hydrogens is 268 g/mol. The molecule has 0 saturated heterocycles. The number of benzene rings is 1. The minimum atomic E-state index is -0.948. The lowest BCUT2D eigenvalue weighted by Gasteiger charge is -1.96. The summed E-state index contributed by atoms with van der Waals surface area (Å²) < 4.78 is 0.689. The van der Waals surface area contributed by atoms with E-state index >= 15 is 0 Å². The van der Waals surface area contributed by atoms with Gasteiger partial charge in [-0.1, -0.05) is 11.8 Å². The van der Waals surface area contributed by atoms with Crippen molar-refractivity contribution in [3.8, 4) is 6.07 Å². The van der Waals surface area contributed by atoms with Crippen LogP contribution in [-0.4, -0.2) is 16.1 Å². The van der Waals surface area contributed by atoms with Crippen LogP contribution in [0.25, 0.3) is 0 Å². The molecule has 0 amide bonds. The number of aryl methyl sites for hydroxylation is 1. The molecule has 0 radical (unpaired) electrons. The van der Waals surface area contributed by atoms with Crippen LogP contribution in [0.3, 0.4) is 0 Å². The van der Waals surface area contributed by atoms with Gasteiger partial charge in [-0.25, -0.2) is 9.78 Å². The number of rotatable bonds is 3. The van der Waals surface area contributed by atoms with Crippen molar-refractivity contribution in [1.82, 2.24) is 4.98 Å². The molecule has 0 atom stereocenters.